The molecule has 2 aliphatic rings. The van der Waals surface area contributed by atoms with Gasteiger partial charge in [0.05, 0.1) is 0 Å². The second kappa shape index (κ2) is 8.31. The Bertz CT molecular complexity index is 1060. The maximum atomic E-state index is 13.2. The Morgan fingerprint density at radius 2 is 1.62 bits per heavy atom. The molecule has 2 fully saturated rings. The molecule has 2 aromatic rings. The molecule has 0 aliphatic carbocycles. The first-order chi connectivity index (χ1) is 15.2. The van der Waals surface area contributed by atoms with Gasteiger partial charge in [-0.1, -0.05) is 48.5 Å². The van der Waals surface area contributed by atoms with Crippen LogP contribution in [0.2, 0.25) is 0 Å². The lowest BCUT2D eigenvalue weighted by Crippen LogP contribution is -2.71. The number of fused-ring (bicyclic) bond motifs is 1. The number of nitrogens with zero attached hydrogens (tertiary/aromatic N) is 1. The van der Waals surface area contributed by atoms with E-state index in [1.807, 2.05) is 0 Å². The maximum Gasteiger partial charge on any atom is 0.327 e. The van der Waals surface area contributed by atoms with Crippen LogP contribution in [0, 0.1) is 0 Å². The smallest absolute Gasteiger partial charge is 0.327 e. The number of amides is 3. The van der Waals surface area contributed by atoms with E-state index >= 15 is 0 Å². The minimum absolute atomic E-state index is 0.407. The number of carboxylic acids is 1. The Labute approximate surface area is 189 Å². The van der Waals surface area contributed by atoms with Crippen molar-refractivity contribution in [3.05, 3.63) is 71.8 Å². The molecular weight excluding hydrogens is 430 g/mol. The lowest BCUT2D eigenvalue weighted by atomic mass is 9.95. The molecule has 0 bridgehead atoms. The first-order valence-electron chi connectivity index (χ1n) is 10.1. The number of carbonyl (C=O) groups excluding carboxylic acids is 3. The molecule has 2 aliphatic heterocycles. The van der Waals surface area contributed by atoms with Gasteiger partial charge in [-0.2, -0.15) is 0 Å². The highest BCUT2D eigenvalue weighted by Gasteiger charge is 2.64. The Kier molecular flexibility index (Phi) is 5.68. The van der Waals surface area contributed by atoms with Gasteiger partial charge in [0, 0.05) is 10.3 Å². The zero-order chi connectivity index (χ0) is 23.0. The van der Waals surface area contributed by atoms with Crippen LogP contribution >= 0.6 is 11.8 Å². The van der Waals surface area contributed by atoms with Crippen LogP contribution in [0.3, 0.4) is 0 Å². The predicted molar refractivity (Wildman–Crippen MR) is 119 cm³/mol. The van der Waals surface area contributed by atoms with Crippen molar-refractivity contribution in [3.63, 3.8) is 0 Å². The molecule has 9 heteroatoms. The molecule has 166 valence electrons. The zero-order valence-electron chi connectivity index (χ0n) is 17.5. The molecule has 0 spiro atoms. The molecule has 3 N–H and O–H groups in total. The normalized spacial score (nSPS) is 24.1. The number of aliphatic carboxylic acids is 1. The van der Waals surface area contributed by atoms with Crippen molar-refractivity contribution < 1.29 is 24.3 Å². The summed E-state index contributed by atoms with van der Waals surface area (Å²) in [5.41, 5.74) is 0.977. The molecule has 2 heterocycles. The van der Waals surface area contributed by atoms with Gasteiger partial charge in [-0.15, -0.1) is 11.8 Å². The van der Waals surface area contributed by atoms with Crippen molar-refractivity contribution in [3.8, 4) is 0 Å². The predicted octanol–water partition coefficient (Wildman–Crippen LogP) is 1.79. The van der Waals surface area contributed by atoms with E-state index in [9.17, 15) is 24.3 Å². The van der Waals surface area contributed by atoms with Crippen molar-refractivity contribution in [1.29, 1.82) is 0 Å². The number of thioether (sulfide) groups is 1. The van der Waals surface area contributed by atoms with Gasteiger partial charge in [-0.3, -0.25) is 14.4 Å². The minimum Gasteiger partial charge on any atom is -0.480 e. The molecule has 4 atom stereocenters. The maximum absolute atomic E-state index is 13.2. The molecule has 0 radical (unpaired) electrons. The van der Waals surface area contributed by atoms with E-state index in [1.54, 1.807) is 74.5 Å². The molecule has 8 nitrogen and oxygen atoms in total. The fourth-order valence-electron chi connectivity index (χ4n) is 4.13. The van der Waals surface area contributed by atoms with Gasteiger partial charge in [0.25, 0.3) is 5.91 Å². The van der Waals surface area contributed by atoms with Crippen LogP contribution in [0.25, 0.3) is 0 Å². The fourth-order valence-corrected chi connectivity index (χ4v) is 5.76. The summed E-state index contributed by atoms with van der Waals surface area (Å²) in [4.78, 5) is 51.7. The molecular formula is C23H23N3O5S. The number of carbonyl (C=O) groups is 4. The summed E-state index contributed by atoms with van der Waals surface area (Å²) in [6.07, 6.45) is 0. The van der Waals surface area contributed by atoms with Crippen LogP contribution in [0.4, 0.5) is 0 Å². The molecule has 32 heavy (non-hydrogen) atoms. The Morgan fingerprint density at radius 3 is 2.22 bits per heavy atom. The monoisotopic (exact) mass is 453 g/mol. The van der Waals surface area contributed by atoms with E-state index in [-0.39, 0.29) is 0 Å². The SMILES string of the molecule is CC1(C)S[C@@H]2[C@H](NC(=O)[C@H](NC(=O)c3ccccc3)c3ccccc3)C(=O)N2[C@H]1C(=O)O. The van der Waals surface area contributed by atoms with Crippen LogP contribution in [-0.2, 0) is 14.4 Å². The van der Waals surface area contributed by atoms with E-state index in [2.05, 4.69) is 10.6 Å². The van der Waals surface area contributed by atoms with Gasteiger partial charge in [-0.05, 0) is 31.5 Å². The molecule has 0 saturated carbocycles. The molecule has 3 amide bonds. The Hall–Kier alpha value is -3.33. The summed E-state index contributed by atoms with van der Waals surface area (Å²) in [5, 5.41) is 14.6. The lowest BCUT2D eigenvalue weighted by Gasteiger charge is -2.44. The van der Waals surface area contributed by atoms with Crippen LogP contribution < -0.4 is 10.6 Å². The van der Waals surface area contributed by atoms with Crippen molar-refractivity contribution in [2.75, 3.05) is 0 Å². The van der Waals surface area contributed by atoms with Crippen LogP contribution in [0.1, 0.15) is 35.8 Å². The van der Waals surface area contributed by atoms with Crippen molar-refractivity contribution in [2.24, 2.45) is 0 Å². The average Bonchev–Trinajstić information content (AvgIpc) is 3.04. The summed E-state index contributed by atoms with van der Waals surface area (Å²) in [5.74, 6) is -2.45. The number of nitrogens with one attached hydrogen (secondary N) is 2. The highest BCUT2D eigenvalue weighted by molar-refractivity contribution is 8.01. The molecule has 4 rings (SSSR count). The van der Waals surface area contributed by atoms with Gasteiger partial charge >= 0.3 is 5.97 Å². The van der Waals surface area contributed by atoms with Crippen LogP contribution in [0.5, 0.6) is 0 Å². The standard InChI is InChI=1S/C23H23N3O5S/c1-23(2)17(22(30)31)26-20(29)16(21(26)32-23)25-19(28)15(13-9-5-3-6-10-13)24-18(27)14-11-7-4-8-12-14/h3-12,15-17,21H,1-2H3,(H,24,27)(H,25,28)(H,30,31)/t15-,16-,17+,21-/m1/s1. The van der Waals surface area contributed by atoms with E-state index in [1.165, 1.54) is 16.7 Å². The number of benzene rings is 2. The van der Waals surface area contributed by atoms with E-state index in [0.717, 1.165) is 0 Å². The summed E-state index contributed by atoms with van der Waals surface area (Å²) < 4.78 is -0.688. The minimum atomic E-state index is -1.07. The summed E-state index contributed by atoms with van der Waals surface area (Å²) in [7, 11) is 0. The highest BCUT2D eigenvalue weighted by atomic mass is 32.2. The first-order valence-corrected chi connectivity index (χ1v) is 11.0. The van der Waals surface area contributed by atoms with Gasteiger partial charge < -0.3 is 20.6 Å². The molecule has 0 aromatic heterocycles. The fraction of sp³-hybridized carbons (Fsp3) is 0.304. The van der Waals surface area contributed by atoms with Crippen molar-refractivity contribution in [1.82, 2.24) is 15.5 Å². The molecule has 2 aromatic carbocycles. The number of carboxylic acid groups (broad SMARTS) is 1. The number of β-lactam (4-membered cyclic amide) rings is 1. The number of hydrogen-bond donors (Lipinski definition) is 3. The quantitative estimate of drug-likeness (QED) is 0.575. The van der Waals surface area contributed by atoms with Gasteiger partial charge in [-0.25, -0.2) is 4.79 Å². The van der Waals surface area contributed by atoms with Crippen molar-refractivity contribution in [2.45, 2.75) is 42.1 Å². The summed E-state index contributed by atoms with van der Waals surface area (Å²) in [6, 6.07) is 14.5. The molecule has 0 unspecified atom stereocenters. The summed E-state index contributed by atoms with van der Waals surface area (Å²) >= 11 is 1.35. The van der Waals surface area contributed by atoms with Crippen LogP contribution in [0.15, 0.2) is 60.7 Å². The van der Waals surface area contributed by atoms with Crippen molar-refractivity contribution >= 4 is 35.5 Å². The topological polar surface area (TPSA) is 116 Å². The first kappa shape index (κ1) is 21.9. The third kappa shape index (κ3) is 3.84. The Balaban J connectivity index is 1.53. The third-order valence-corrected chi connectivity index (χ3v) is 7.25. The molecule has 2 saturated heterocycles. The summed E-state index contributed by atoms with van der Waals surface area (Å²) in [6.45, 7) is 3.54. The van der Waals surface area contributed by atoms with Crippen LogP contribution in [-0.4, -0.2) is 55.9 Å². The van der Waals surface area contributed by atoms with Gasteiger partial charge in [0.1, 0.15) is 23.5 Å². The zero-order valence-corrected chi connectivity index (χ0v) is 18.3. The third-order valence-electron chi connectivity index (χ3n) is 5.68. The largest absolute Gasteiger partial charge is 0.480 e. The number of rotatable bonds is 6. The second-order valence-corrected chi connectivity index (χ2v) is 10.0. The Morgan fingerprint density at radius 1 is 1.03 bits per heavy atom. The van der Waals surface area contributed by atoms with Gasteiger partial charge in [0.15, 0.2) is 0 Å². The van der Waals surface area contributed by atoms with E-state index < -0.39 is 51.9 Å². The average molecular weight is 454 g/mol. The van der Waals surface area contributed by atoms with E-state index in [4.69, 9.17) is 0 Å². The second-order valence-electron chi connectivity index (χ2n) is 8.27. The van der Waals surface area contributed by atoms with E-state index in [0.29, 0.717) is 11.1 Å². The highest BCUT2D eigenvalue weighted by Crippen LogP contribution is 2.50. The number of hydrogen-bond acceptors (Lipinski definition) is 5. The lowest BCUT2D eigenvalue weighted by molar-refractivity contribution is -0.161. The van der Waals surface area contributed by atoms with Gasteiger partial charge in [0.2, 0.25) is 11.8 Å².